The normalized spacial score (nSPS) is 10.6. The number of hydrogen-bond acceptors (Lipinski definition) is 2. The van der Waals surface area contributed by atoms with Crippen LogP contribution in [-0.4, -0.2) is 4.98 Å². The van der Waals surface area contributed by atoms with E-state index in [0.29, 0.717) is 22.5 Å². The Morgan fingerprint density at radius 1 is 1.40 bits per heavy atom. The first-order valence-electron chi connectivity index (χ1n) is 4.16. The second-order valence-corrected chi connectivity index (χ2v) is 4.49. The highest BCUT2D eigenvalue weighted by Crippen LogP contribution is 2.30. The summed E-state index contributed by atoms with van der Waals surface area (Å²) in [5, 5.41) is 0.598. The molecule has 1 aromatic heterocycles. The first-order valence-corrected chi connectivity index (χ1v) is 5.87. The van der Waals surface area contributed by atoms with Gasteiger partial charge in [-0.1, -0.05) is 27.5 Å². The summed E-state index contributed by atoms with van der Waals surface area (Å²) in [5.74, 6) is 0.812. The van der Waals surface area contributed by atoms with E-state index in [0.717, 1.165) is 10.0 Å². The molecule has 0 bridgehead atoms. The Balaban J connectivity index is 2.48. The van der Waals surface area contributed by atoms with E-state index in [-0.39, 0.29) is 0 Å². The topological polar surface area (TPSA) is 26.0 Å². The molecule has 0 amide bonds. The van der Waals surface area contributed by atoms with E-state index in [1.807, 2.05) is 12.1 Å². The Morgan fingerprint density at radius 3 is 2.87 bits per heavy atom. The third kappa shape index (κ3) is 2.36. The molecule has 0 atom stereocenters. The monoisotopic (exact) mass is 305 g/mol. The van der Waals surface area contributed by atoms with Crippen molar-refractivity contribution in [2.75, 3.05) is 0 Å². The average Bonchev–Trinajstić information content (AvgIpc) is 2.70. The lowest BCUT2D eigenvalue weighted by molar-refractivity contribution is 0.573. The molecule has 1 aromatic carbocycles. The highest BCUT2D eigenvalue weighted by atomic mass is 79.9. The second-order valence-electron chi connectivity index (χ2n) is 2.90. The van der Waals surface area contributed by atoms with Gasteiger partial charge in [-0.2, -0.15) is 0 Å². The number of hydrogen-bond donors (Lipinski definition) is 0. The average molecular weight is 307 g/mol. The van der Waals surface area contributed by atoms with Crippen LogP contribution in [0.15, 0.2) is 33.4 Å². The van der Waals surface area contributed by atoms with Crippen molar-refractivity contribution in [1.29, 1.82) is 0 Å². The maximum absolute atomic E-state index is 6.03. The van der Waals surface area contributed by atoms with Crippen molar-refractivity contribution in [1.82, 2.24) is 4.98 Å². The van der Waals surface area contributed by atoms with Crippen molar-refractivity contribution in [3.63, 3.8) is 0 Å². The van der Waals surface area contributed by atoms with E-state index in [1.165, 1.54) is 6.26 Å². The van der Waals surface area contributed by atoms with Crippen molar-refractivity contribution >= 4 is 39.1 Å². The summed E-state index contributed by atoms with van der Waals surface area (Å²) >= 11 is 15.0. The van der Waals surface area contributed by atoms with Gasteiger partial charge < -0.3 is 4.42 Å². The molecule has 0 unspecified atom stereocenters. The van der Waals surface area contributed by atoms with Crippen molar-refractivity contribution in [2.24, 2.45) is 0 Å². The molecule has 2 rings (SSSR count). The largest absolute Gasteiger partial charge is 0.444 e. The molecule has 0 spiro atoms. The molecule has 1 heterocycles. The summed E-state index contributed by atoms with van der Waals surface area (Å²) < 4.78 is 6.20. The highest BCUT2D eigenvalue weighted by Gasteiger charge is 2.10. The molecule has 15 heavy (non-hydrogen) atoms. The first kappa shape index (κ1) is 11.0. The number of halogens is 3. The van der Waals surface area contributed by atoms with Crippen LogP contribution in [0.2, 0.25) is 5.02 Å². The summed E-state index contributed by atoms with van der Waals surface area (Å²) in [6.07, 6.45) is 1.53. The van der Waals surface area contributed by atoms with Gasteiger partial charge in [0.15, 0.2) is 0 Å². The number of rotatable bonds is 2. The molecule has 0 fully saturated rings. The van der Waals surface area contributed by atoms with Gasteiger partial charge in [-0.05, 0) is 18.2 Å². The number of oxazole rings is 1. The van der Waals surface area contributed by atoms with Crippen LogP contribution in [0.25, 0.3) is 11.5 Å². The molecule has 0 saturated carbocycles. The molecule has 0 aliphatic heterocycles. The summed E-state index contributed by atoms with van der Waals surface area (Å²) in [5.41, 5.74) is 1.45. The number of benzene rings is 1. The predicted octanol–water partition coefficient (Wildman–Crippen LogP) is 4.50. The van der Waals surface area contributed by atoms with Crippen LogP contribution in [-0.2, 0) is 5.88 Å². The Morgan fingerprint density at radius 2 is 2.20 bits per heavy atom. The Labute approximate surface area is 105 Å². The molecule has 2 aromatic rings. The third-order valence-electron chi connectivity index (χ3n) is 1.85. The SMILES string of the molecule is ClCc1coc(-c2cc(Br)ccc2Cl)n1. The van der Waals surface area contributed by atoms with Gasteiger partial charge in [0.05, 0.1) is 22.2 Å². The van der Waals surface area contributed by atoms with E-state index in [1.54, 1.807) is 6.07 Å². The van der Waals surface area contributed by atoms with Crippen LogP contribution < -0.4 is 0 Å². The van der Waals surface area contributed by atoms with Gasteiger partial charge >= 0.3 is 0 Å². The molecule has 0 aliphatic carbocycles. The zero-order valence-electron chi connectivity index (χ0n) is 7.51. The van der Waals surface area contributed by atoms with Gasteiger partial charge in [-0.3, -0.25) is 0 Å². The minimum atomic E-state index is 0.328. The van der Waals surface area contributed by atoms with Crippen LogP contribution in [0.3, 0.4) is 0 Å². The van der Waals surface area contributed by atoms with E-state index in [4.69, 9.17) is 27.6 Å². The van der Waals surface area contributed by atoms with E-state index >= 15 is 0 Å². The van der Waals surface area contributed by atoms with Gasteiger partial charge in [0.1, 0.15) is 6.26 Å². The van der Waals surface area contributed by atoms with Crippen molar-refractivity contribution in [3.05, 3.63) is 39.7 Å². The van der Waals surface area contributed by atoms with Crippen molar-refractivity contribution in [3.8, 4) is 11.5 Å². The Bertz CT molecular complexity index is 484. The lowest BCUT2D eigenvalue weighted by atomic mass is 10.2. The second kappa shape index (κ2) is 4.56. The molecule has 5 heteroatoms. The number of nitrogens with zero attached hydrogens (tertiary/aromatic N) is 1. The molecular formula is C10H6BrCl2NO. The Hall–Kier alpha value is -0.510. The maximum Gasteiger partial charge on any atom is 0.227 e. The van der Waals surface area contributed by atoms with Gasteiger partial charge in [-0.25, -0.2) is 4.98 Å². The van der Waals surface area contributed by atoms with E-state index in [2.05, 4.69) is 20.9 Å². The lowest BCUT2D eigenvalue weighted by Gasteiger charge is -1.99. The van der Waals surface area contributed by atoms with Gasteiger partial charge in [-0.15, -0.1) is 11.6 Å². The predicted molar refractivity (Wildman–Crippen MR) is 64.2 cm³/mol. The molecule has 0 saturated heterocycles. The van der Waals surface area contributed by atoms with Crippen LogP contribution in [0.4, 0.5) is 0 Å². The minimum Gasteiger partial charge on any atom is -0.444 e. The number of alkyl halides is 1. The van der Waals surface area contributed by atoms with E-state index < -0.39 is 0 Å². The molecular weight excluding hydrogens is 301 g/mol. The van der Waals surface area contributed by atoms with Crippen LogP contribution >= 0.6 is 39.1 Å². The summed E-state index contributed by atoms with van der Waals surface area (Å²) in [6.45, 7) is 0. The van der Waals surface area contributed by atoms with Crippen molar-refractivity contribution in [2.45, 2.75) is 5.88 Å². The smallest absolute Gasteiger partial charge is 0.227 e. The molecule has 0 radical (unpaired) electrons. The van der Waals surface area contributed by atoms with Crippen molar-refractivity contribution < 1.29 is 4.42 Å². The van der Waals surface area contributed by atoms with Gasteiger partial charge in [0.2, 0.25) is 5.89 Å². The maximum atomic E-state index is 6.03. The third-order valence-corrected chi connectivity index (χ3v) is 2.94. The fourth-order valence-corrected chi connectivity index (χ4v) is 1.84. The fourth-order valence-electron chi connectivity index (χ4n) is 1.15. The van der Waals surface area contributed by atoms with Crippen LogP contribution in [0, 0.1) is 0 Å². The summed E-state index contributed by atoms with van der Waals surface area (Å²) in [6, 6.07) is 5.49. The summed E-state index contributed by atoms with van der Waals surface area (Å²) in [4.78, 5) is 4.20. The molecule has 0 N–H and O–H groups in total. The zero-order chi connectivity index (χ0) is 10.8. The molecule has 2 nitrogen and oxygen atoms in total. The Kier molecular flexibility index (Phi) is 3.34. The first-order chi connectivity index (χ1) is 7.20. The number of aromatic nitrogens is 1. The van der Waals surface area contributed by atoms with E-state index in [9.17, 15) is 0 Å². The lowest BCUT2D eigenvalue weighted by Crippen LogP contribution is -1.81. The minimum absolute atomic E-state index is 0.328. The molecule has 78 valence electrons. The molecule has 0 aliphatic rings. The fraction of sp³-hybridized carbons (Fsp3) is 0.100. The van der Waals surface area contributed by atoms with Gasteiger partial charge in [0, 0.05) is 4.47 Å². The van der Waals surface area contributed by atoms with Gasteiger partial charge in [0.25, 0.3) is 0 Å². The highest BCUT2D eigenvalue weighted by molar-refractivity contribution is 9.10. The quantitative estimate of drug-likeness (QED) is 0.764. The summed E-state index contributed by atoms with van der Waals surface area (Å²) in [7, 11) is 0. The van der Waals surface area contributed by atoms with Crippen LogP contribution in [0.1, 0.15) is 5.69 Å². The standard InChI is InChI=1S/C10H6BrCl2NO/c11-6-1-2-9(13)8(3-6)10-14-7(4-12)5-15-10/h1-3,5H,4H2. The van der Waals surface area contributed by atoms with Crippen LogP contribution in [0.5, 0.6) is 0 Å². The zero-order valence-corrected chi connectivity index (χ0v) is 10.6.